The predicted molar refractivity (Wildman–Crippen MR) is 78.6 cm³/mol. The van der Waals surface area contributed by atoms with Gasteiger partial charge >= 0.3 is 0 Å². The van der Waals surface area contributed by atoms with Crippen molar-refractivity contribution in [3.8, 4) is 5.75 Å². The first-order valence-corrected chi connectivity index (χ1v) is 6.82. The van der Waals surface area contributed by atoms with Crippen LogP contribution in [0.1, 0.15) is 25.3 Å². The highest BCUT2D eigenvalue weighted by Gasteiger charge is 2.26. The van der Waals surface area contributed by atoms with Gasteiger partial charge in [-0.05, 0) is 38.0 Å². The second-order valence-corrected chi connectivity index (χ2v) is 5.40. The summed E-state index contributed by atoms with van der Waals surface area (Å²) in [5.41, 5.74) is 6.18. The Balaban J connectivity index is 2.01. The van der Waals surface area contributed by atoms with Crippen LogP contribution in [0.4, 0.5) is 0 Å². The quantitative estimate of drug-likeness (QED) is 0.816. The summed E-state index contributed by atoms with van der Waals surface area (Å²) in [6.45, 7) is 1.69. The molecule has 4 nitrogen and oxygen atoms in total. The normalized spacial score (nSPS) is 15.7. The number of hydrogen-bond acceptors (Lipinski definition) is 3. The molecule has 1 aromatic rings. The van der Waals surface area contributed by atoms with Gasteiger partial charge in [-0.3, -0.25) is 4.79 Å². The molecule has 3 N–H and O–H groups in total. The molecular formula is C13H15ClN2O2S. The first kappa shape index (κ1) is 14.1. The maximum atomic E-state index is 11.8. The molecule has 2 rings (SSSR count). The summed E-state index contributed by atoms with van der Waals surface area (Å²) in [5, 5.41) is 3.26. The van der Waals surface area contributed by atoms with Crippen molar-refractivity contribution in [3.63, 3.8) is 0 Å². The highest BCUT2D eigenvalue weighted by atomic mass is 35.5. The van der Waals surface area contributed by atoms with Gasteiger partial charge in [-0.25, -0.2) is 0 Å². The molecule has 0 saturated heterocycles. The van der Waals surface area contributed by atoms with E-state index < -0.39 is 6.10 Å². The second kappa shape index (κ2) is 5.75. The van der Waals surface area contributed by atoms with E-state index in [1.54, 1.807) is 25.1 Å². The van der Waals surface area contributed by atoms with E-state index in [4.69, 9.17) is 34.3 Å². The van der Waals surface area contributed by atoms with Gasteiger partial charge in [-0.1, -0.05) is 23.8 Å². The molecule has 0 bridgehead atoms. The number of nitrogens with two attached hydrogens (primary N) is 1. The molecule has 6 heteroatoms. The molecule has 19 heavy (non-hydrogen) atoms. The zero-order valence-electron chi connectivity index (χ0n) is 10.5. The smallest absolute Gasteiger partial charge is 0.260 e. The Hall–Kier alpha value is -1.33. The van der Waals surface area contributed by atoms with Crippen molar-refractivity contribution in [2.24, 2.45) is 5.73 Å². The first-order valence-electron chi connectivity index (χ1n) is 6.03. The minimum Gasteiger partial charge on any atom is -0.479 e. The second-order valence-electron chi connectivity index (χ2n) is 4.55. The maximum Gasteiger partial charge on any atom is 0.260 e. The lowest BCUT2D eigenvalue weighted by Crippen LogP contribution is -2.37. The van der Waals surface area contributed by atoms with Crippen LogP contribution in [-0.4, -0.2) is 23.0 Å². The Bertz CT molecular complexity index is 517. The minimum atomic E-state index is -0.589. The standard InChI is InChI=1S/C13H15ClN2O2S/c1-7(13(17)16-9-3-4-9)18-11-5-2-8(12(15)19)6-10(11)14/h2,5-7,9H,3-4H2,1H3,(H2,15,19)(H,16,17). The van der Waals surface area contributed by atoms with Gasteiger partial charge in [0.1, 0.15) is 10.7 Å². The number of benzene rings is 1. The Morgan fingerprint density at radius 2 is 2.26 bits per heavy atom. The van der Waals surface area contributed by atoms with Crippen molar-refractivity contribution in [1.29, 1.82) is 0 Å². The van der Waals surface area contributed by atoms with Crippen molar-refractivity contribution < 1.29 is 9.53 Å². The van der Waals surface area contributed by atoms with Crippen molar-refractivity contribution >= 4 is 34.7 Å². The number of amides is 1. The fraction of sp³-hybridized carbons (Fsp3) is 0.385. The molecule has 0 aliphatic heterocycles. The van der Waals surface area contributed by atoms with Gasteiger partial charge in [-0.2, -0.15) is 0 Å². The lowest BCUT2D eigenvalue weighted by molar-refractivity contribution is -0.127. The van der Waals surface area contributed by atoms with Crippen LogP contribution in [0.2, 0.25) is 5.02 Å². The number of thiocarbonyl (C=S) groups is 1. The van der Waals surface area contributed by atoms with Crippen LogP contribution < -0.4 is 15.8 Å². The number of rotatable bonds is 5. The van der Waals surface area contributed by atoms with E-state index in [1.165, 1.54) is 0 Å². The fourth-order valence-electron chi connectivity index (χ4n) is 1.54. The SMILES string of the molecule is CC(Oc1ccc(C(N)=S)cc1Cl)C(=O)NC1CC1. The van der Waals surface area contributed by atoms with E-state index in [1.807, 2.05) is 0 Å². The van der Waals surface area contributed by atoms with Crippen LogP contribution in [-0.2, 0) is 4.79 Å². The molecule has 1 aliphatic rings. The van der Waals surface area contributed by atoms with Gasteiger partial charge in [0.05, 0.1) is 5.02 Å². The maximum absolute atomic E-state index is 11.8. The van der Waals surface area contributed by atoms with Crippen LogP contribution in [0.5, 0.6) is 5.75 Å². The van der Waals surface area contributed by atoms with E-state index in [0.717, 1.165) is 12.8 Å². The molecule has 1 atom stereocenters. The van der Waals surface area contributed by atoms with Gasteiger partial charge in [0, 0.05) is 11.6 Å². The molecule has 1 aromatic carbocycles. The molecule has 0 spiro atoms. The van der Waals surface area contributed by atoms with Gasteiger partial charge in [0.2, 0.25) is 0 Å². The van der Waals surface area contributed by atoms with Crippen LogP contribution in [0, 0.1) is 0 Å². The number of ether oxygens (including phenoxy) is 1. The van der Waals surface area contributed by atoms with E-state index in [9.17, 15) is 4.79 Å². The summed E-state index contributed by atoms with van der Waals surface area (Å²) >= 11 is 10.9. The largest absolute Gasteiger partial charge is 0.479 e. The van der Waals surface area contributed by atoms with Crippen LogP contribution in [0.3, 0.4) is 0 Å². The average molecular weight is 299 g/mol. The van der Waals surface area contributed by atoms with Crippen LogP contribution in [0.25, 0.3) is 0 Å². The van der Waals surface area contributed by atoms with Crippen LogP contribution in [0.15, 0.2) is 18.2 Å². The number of carbonyl (C=O) groups excluding carboxylic acids is 1. The van der Waals surface area contributed by atoms with Gasteiger partial charge in [0.25, 0.3) is 5.91 Å². The Morgan fingerprint density at radius 3 is 2.79 bits per heavy atom. The van der Waals surface area contributed by atoms with Gasteiger partial charge in [-0.15, -0.1) is 0 Å². The summed E-state index contributed by atoms with van der Waals surface area (Å²) in [5.74, 6) is 0.317. The molecule has 0 heterocycles. The van der Waals surface area contributed by atoms with Crippen molar-refractivity contribution in [2.75, 3.05) is 0 Å². The number of carbonyl (C=O) groups is 1. The molecule has 0 radical (unpaired) electrons. The molecule has 0 aromatic heterocycles. The summed E-state index contributed by atoms with van der Waals surface area (Å²) in [6, 6.07) is 5.32. The zero-order chi connectivity index (χ0) is 14.0. The summed E-state index contributed by atoms with van der Waals surface area (Å²) in [4.78, 5) is 12.0. The minimum absolute atomic E-state index is 0.128. The van der Waals surface area contributed by atoms with E-state index in [-0.39, 0.29) is 10.9 Å². The third-order valence-corrected chi connectivity index (χ3v) is 3.34. The lowest BCUT2D eigenvalue weighted by atomic mass is 10.2. The first-order chi connectivity index (χ1) is 8.97. The molecule has 1 amide bonds. The Morgan fingerprint density at radius 1 is 1.58 bits per heavy atom. The summed E-state index contributed by atoms with van der Waals surface area (Å²) < 4.78 is 5.54. The van der Waals surface area contributed by atoms with Gasteiger partial charge in [0.15, 0.2) is 6.10 Å². The number of halogens is 1. The molecular weight excluding hydrogens is 284 g/mol. The lowest BCUT2D eigenvalue weighted by Gasteiger charge is -2.15. The number of nitrogens with one attached hydrogen (secondary N) is 1. The van der Waals surface area contributed by atoms with Crippen molar-refractivity contribution in [1.82, 2.24) is 5.32 Å². The van der Waals surface area contributed by atoms with E-state index >= 15 is 0 Å². The van der Waals surface area contributed by atoms with Gasteiger partial charge < -0.3 is 15.8 Å². The monoisotopic (exact) mass is 298 g/mol. The predicted octanol–water partition coefficient (Wildman–Crippen LogP) is 2.02. The zero-order valence-corrected chi connectivity index (χ0v) is 12.1. The molecule has 102 valence electrons. The average Bonchev–Trinajstić information content (AvgIpc) is 3.15. The molecule has 1 unspecified atom stereocenters. The highest BCUT2D eigenvalue weighted by molar-refractivity contribution is 7.80. The third-order valence-electron chi connectivity index (χ3n) is 2.81. The van der Waals surface area contributed by atoms with Crippen molar-refractivity contribution in [2.45, 2.75) is 31.9 Å². The molecule has 1 aliphatic carbocycles. The topological polar surface area (TPSA) is 64.3 Å². The van der Waals surface area contributed by atoms with E-state index in [0.29, 0.717) is 22.4 Å². The molecule has 1 saturated carbocycles. The third kappa shape index (κ3) is 3.81. The number of hydrogen-bond donors (Lipinski definition) is 2. The summed E-state index contributed by atoms with van der Waals surface area (Å²) in [7, 11) is 0. The Kier molecular flexibility index (Phi) is 4.27. The summed E-state index contributed by atoms with van der Waals surface area (Å²) in [6.07, 6.45) is 1.50. The highest BCUT2D eigenvalue weighted by Crippen LogP contribution is 2.26. The van der Waals surface area contributed by atoms with Crippen molar-refractivity contribution in [3.05, 3.63) is 28.8 Å². The Labute approximate surface area is 122 Å². The van der Waals surface area contributed by atoms with E-state index in [2.05, 4.69) is 5.32 Å². The molecule has 1 fully saturated rings. The van der Waals surface area contributed by atoms with Crippen LogP contribution >= 0.6 is 23.8 Å². The fourth-order valence-corrected chi connectivity index (χ4v) is 1.89.